The molecule has 0 saturated carbocycles. The molecule has 0 aliphatic carbocycles. The number of carbonyl (C=O) groups excluding carboxylic acids is 1. The number of hydrogen-bond acceptors (Lipinski definition) is 4. The summed E-state index contributed by atoms with van der Waals surface area (Å²) in [5.41, 5.74) is 1.41. The molecule has 2 aromatic carbocycles. The molecule has 0 saturated heterocycles. The summed E-state index contributed by atoms with van der Waals surface area (Å²) < 4.78 is 31.3. The smallest absolute Gasteiger partial charge is 0.246 e. The average molecular weight is 391 g/mol. The van der Waals surface area contributed by atoms with Gasteiger partial charge in [-0.3, -0.25) is 9.10 Å². The van der Waals surface area contributed by atoms with E-state index in [0.717, 1.165) is 16.1 Å². The molecule has 0 spiro atoms. The van der Waals surface area contributed by atoms with Crippen LogP contribution in [0.3, 0.4) is 0 Å². The fourth-order valence-electron chi connectivity index (χ4n) is 2.91. The van der Waals surface area contributed by atoms with Crippen molar-refractivity contribution in [3.8, 4) is 5.75 Å². The molecule has 146 valence electrons. The normalized spacial score (nSPS) is 12.3. The van der Waals surface area contributed by atoms with Gasteiger partial charge in [-0.1, -0.05) is 30.3 Å². The molecule has 0 unspecified atom stereocenters. The van der Waals surface area contributed by atoms with Crippen molar-refractivity contribution in [3.63, 3.8) is 0 Å². The van der Waals surface area contributed by atoms with E-state index in [1.54, 1.807) is 38.2 Å². The molecule has 6 nitrogen and oxygen atoms in total. The van der Waals surface area contributed by atoms with Gasteiger partial charge in [0, 0.05) is 13.6 Å². The van der Waals surface area contributed by atoms with Gasteiger partial charge in [0.15, 0.2) is 0 Å². The lowest BCUT2D eigenvalue weighted by atomic mass is 10.2. The molecular formula is C20H26N2O4S. The maximum Gasteiger partial charge on any atom is 0.246 e. The number of ether oxygens (including phenoxy) is 1. The lowest BCUT2D eigenvalue weighted by Gasteiger charge is -2.31. The van der Waals surface area contributed by atoms with Crippen LogP contribution in [-0.2, 0) is 21.4 Å². The first kappa shape index (κ1) is 20.8. The second-order valence-corrected chi connectivity index (χ2v) is 8.20. The van der Waals surface area contributed by atoms with Crippen LogP contribution in [-0.4, -0.2) is 45.2 Å². The summed E-state index contributed by atoms with van der Waals surface area (Å²) >= 11 is 0. The average Bonchev–Trinajstić information content (AvgIpc) is 2.62. The predicted octanol–water partition coefficient (Wildman–Crippen LogP) is 2.90. The van der Waals surface area contributed by atoms with E-state index in [4.69, 9.17) is 4.74 Å². The van der Waals surface area contributed by atoms with Crippen LogP contribution in [0.25, 0.3) is 0 Å². The van der Waals surface area contributed by atoms with Gasteiger partial charge >= 0.3 is 0 Å². The molecule has 0 aliphatic rings. The van der Waals surface area contributed by atoms with Crippen LogP contribution in [0, 0.1) is 0 Å². The third kappa shape index (κ3) is 5.47. The van der Waals surface area contributed by atoms with Crippen LogP contribution in [0.1, 0.15) is 19.4 Å². The lowest BCUT2D eigenvalue weighted by molar-refractivity contribution is -0.131. The molecule has 27 heavy (non-hydrogen) atoms. The molecule has 2 aromatic rings. The van der Waals surface area contributed by atoms with Crippen molar-refractivity contribution in [2.24, 2.45) is 0 Å². The van der Waals surface area contributed by atoms with Crippen molar-refractivity contribution in [1.29, 1.82) is 0 Å². The Hall–Kier alpha value is -2.54. The van der Waals surface area contributed by atoms with Gasteiger partial charge in [0.05, 0.1) is 18.6 Å². The fraction of sp³-hybridized carbons (Fsp3) is 0.350. The number of anilines is 1. The predicted molar refractivity (Wildman–Crippen MR) is 107 cm³/mol. The number of amides is 1. The van der Waals surface area contributed by atoms with Crippen LogP contribution in [0.2, 0.25) is 0 Å². The van der Waals surface area contributed by atoms with E-state index in [1.165, 1.54) is 4.90 Å². The van der Waals surface area contributed by atoms with E-state index >= 15 is 0 Å². The van der Waals surface area contributed by atoms with Crippen molar-refractivity contribution in [2.75, 3.05) is 24.2 Å². The number of hydrogen-bond donors (Lipinski definition) is 0. The fourth-order valence-corrected chi connectivity index (χ4v) is 4.08. The van der Waals surface area contributed by atoms with Crippen molar-refractivity contribution >= 4 is 21.6 Å². The van der Waals surface area contributed by atoms with Gasteiger partial charge in [-0.25, -0.2) is 8.42 Å². The van der Waals surface area contributed by atoms with Crippen LogP contribution in [0.15, 0.2) is 54.6 Å². The van der Waals surface area contributed by atoms with Crippen LogP contribution >= 0.6 is 0 Å². The monoisotopic (exact) mass is 390 g/mol. The first-order valence-electron chi connectivity index (χ1n) is 8.75. The van der Waals surface area contributed by atoms with E-state index in [2.05, 4.69) is 0 Å². The Labute approximate surface area is 161 Å². The molecule has 2 rings (SSSR count). The van der Waals surface area contributed by atoms with Crippen LogP contribution < -0.4 is 9.04 Å². The third-order valence-corrected chi connectivity index (χ3v) is 5.35. The van der Waals surface area contributed by atoms with E-state index in [1.807, 2.05) is 37.3 Å². The summed E-state index contributed by atoms with van der Waals surface area (Å²) in [6, 6.07) is 15.4. The summed E-state index contributed by atoms with van der Waals surface area (Å²) in [6.07, 6.45) is 1.10. The van der Waals surface area contributed by atoms with Crippen molar-refractivity contribution < 1.29 is 17.9 Å². The molecule has 0 bridgehead atoms. The van der Waals surface area contributed by atoms with Crippen molar-refractivity contribution in [2.45, 2.75) is 26.4 Å². The van der Waals surface area contributed by atoms with E-state index in [-0.39, 0.29) is 5.91 Å². The molecule has 1 amide bonds. The number of likely N-dealkylation sites (N-methyl/N-ethyl adjacent to an activating group) is 1. The number of sulfonamides is 1. The van der Waals surface area contributed by atoms with Gasteiger partial charge < -0.3 is 9.64 Å². The van der Waals surface area contributed by atoms with Gasteiger partial charge in [-0.2, -0.15) is 0 Å². The molecule has 0 aliphatic heterocycles. The zero-order valence-corrected chi connectivity index (χ0v) is 16.9. The maximum atomic E-state index is 12.9. The second kappa shape index (κ2) is 8.90. The molecule has 1 atom stereocenters. The number of carbonyl (C=O) groups is 1. The molecule has 0 radical (unpaired) electrons. The summed E-state index contributed by atoms with van der Waals surface area (Å²) in [6.45, 7) is 4.40. The lowest BCUT2D eigenvalue weighted by Crippen LogP contribution is -2.48. The Morgan fingerprint density at radius 3 is 2.19 bits per heavy atom. The van der Waals surface area contributed by atoms with E-state index < -0.39 is 16.1 Å². The first-order valence-corrected chi connectivity index (χ1v) is 10.6. The number of rotatable bonds is 8. The minimum atomic E-state index is -3.65. The quantitative estimate of drug-likeness (QED) is 0.695. The largest absolute Gasteiger partial charge is 0.494 e. The van der Waals surface area contributed by atoms with Crippen LogP contribution in [0.4, 0.5) is 5.69 Å². The van der Waals surface area contributed by atoms with Gasteiger partial charge in [0.25, 0.3) is 0 Å². The Morgan fingerprint density at radius 2 is 1.67 bits per heavy atom. The zero-order chi connectivity index (χ0) is 20.0. The number of benzene rings is 2. The van der Waals surface area contributed by atoms with Gasteiger partial charge in [-0.05, 0) is 43.7 Å². The van der Waals surface area contributed by atoms with E-state index in [9.17, 15) is 13.2 Å². The summed E-state index contributed by atoms with van der Waals surface area (Å²) in [5.74, 6) is 0.369. The first-order chi connectivity index (χ1) is 12.7. The number of nitrogens with zero attached hydrogens (tertiary/aromatic N) is 2. The van der Waals surface area contributed by atoms with Gasteiger partial charge in [0.2, 0.25) is 15.9 Å². The molecule has 0 fully saturated rings. The zero-order valence-electron chi connectivity index (χ0n) is 16.1. The Kier molecular flexibility index (Phi) is 6.85. The minimum absolute atomic E-state index is 0.279. The second-order valence-electron chi connectivity index (χ2n) is 6.34. The molecule has 7 heteroatoms. The maximum absolute atomic E-state index is 12.9. The van der Waals surface area contributed by atoms with E-state index in [0.29, 0.717) is 24.6 Å². The standard InChI is InChI=1S/C20H26N2O4S/c1-5-26-19-13-11-18(12-14-19)22(27(4,24)25)16(2)20(23)21(3)15-17-9-7-6-8-10-17/h6-14,16H,5,15H2,1-4H3/t16-/m0/s1. The Morgan fingerprint density at radius 1 is 1.07 bits per heavy atom. The summed E-state index contributed by atoms with van der Waals surface area (Å²) in [4.78, 5) is 14.4. The summed E-state index contributed by atoms with van der Waals surface area (Å²) in [7, 11) is -1.98. The van der Waals surface area contributed by atoms with Crippen molar-refractivity contribution in [1.82, 2.24) is 4.90 Å². The topological polar surface area (TPSA) is 66.9 Å². The van der Waals surface area contributed by atoms with Gasteiger partial charge in [-0.15, -0.1) is 0 Å². The Balaban J connectivity index is 2.23. The van der Waals surface area contributed by atoms with Gasteiger partial charge in [0.1, 0.15) is 11.8 Å². The van der Waals surface area contributed by atoms with Crippen LogP contribution in [0.5, 0.6) is 5.75 Å². The highest BCUT2D eigenvalue weighted by molar-refractivity contribution is 7.92. The SMILES string of the molecule is CCOc1ccc(N([C@@H](C)C(=O)N(C)Cc2ccccc2)S(C)(=O)=O)cc1. The molecule has 0 aromatic heterocycles. The Bertz CT molecular complexity index is 851. The summed E-state index contributed by atoms with van der Waals surface area (Å²) in [5, 5.41) is 0. The minimum Gasteiger partial charge on any atom is -0.494 e. The molecule has 0 heterocycles. The van der Waals surface area contributed by atoms with Crippen molar-refractivity contribution in [3.05, 3.63) is 60.2 Å². The molecule has 0 N–H and O–H groups in total. The molecular weight excluding hydrogens is 364 g/mol. The highest BCUT2D eigenvalue weighted by Gasteiger charge is 2.31. The highest BCUT2D eigenvalue weighted by atomic mass is 32.2. The highest BCUT2D eigenvalue weighted by Crippen LogP contribution is 2.24. The third-order valence-electron chi connectivity index (χ3n) is 4.11.